The highest BCUT2D eigenvalue weighted by Gasteiger charge is 2.06. The summed E-state index contributed by atoms with van der Waals surface area (Å²) in [6.07, 6.45) is 0.818. The molecule has 0 aliphatic rings. The molecule has 15 heavy (non-hydrogen) atoms. The van der Waals surface area contributed by atoms with Crippen molar-refractivity contribution in [3.63, 3.8) is 0 Å². The van der Waals surface area contributed by atoms with Gasteiger partial charge in [-0.3, -0.25) is 4.72 Å². The first-order chi connectivity index (χ1) is 7.04. The Kier molecular flexibility index (Phi) is 4.94. The predicted octanol–water partition coefficient (Wildman–Crippen LogP) is 0.959. The van der Waals surface area contributed by atoms with Crippen LogP contribution in [0.3, 0.4) is 0 Å². The minimum atomic E-state index is -3.58. The number of hydrogen-bond donors (Lipinski definition) is 3. The summed E-state index contributed by atoms with van der Waals surface area (Å²) in [4.78, 5) is 0.141. The van der Waals surface area contributed by atoms with Gasteiger partial charge in [0.15, 0.2) is 0 Å². The molecule has 1 rings (SSSR count). The van der Waals surface area contributed by atoms with Crippen molar-refractivity contribution in [3.05, 3.63) is 29.8 Å². The number of nitrogens with two attached hydrogens (primary N) is 1. The Balaban J connectivity index is 2.65. The summed E-state index contributed by atoms with van der Waals surface area (Å²) in [5, 5.41) is 4.97. The molecule has 0 aliphatic carbocycles. The normalized spacial score (nSPS) is 11.6. The van der Waals surface area contributed by atoms with Gasteiger partial charge in [-0.05, 0) is 35.1 Å². The zero-order chi connectivity index (χ0) is 11.3. The second-order valence-corrected chi connectivity index (χ2v) is 5.50. The van der Waals surface area contributed by atoms with Crippen LogP contribution in [0.25, 0.3) is 0 Å². The largest absolute Gasteiger partial charge is 0.255 e. The molecule has 1 aromatic carbocycles. The number of rotatable bonds is 5. The molecule has 0 saturated heterocycles. The molecule has 0 radical (unpaired) electrons. The van der Waals surface area contributed by atoms with Crippen LogP contribution in [-0.2, 0) is 16.4 Å². The SMILES string of the molecule is NS(=O)(=O)c1ccc(CCNSS)cc1. The molecule has 4 nitrogen and oxygen atoms in total. The van der Waals surface area contributed by atoms with E-state index in [1.54, 1.807) is 12.1 Å². The molecule has 0 aromatic heterocycles. The molecular formula is C8H12N2O2S3. The van der Waals surface area contributed by atoms with Crippen LogP contribution in [0.1, 0.15) is 5.56 Å². The Hall–Kier alpha value is -0.210. The number of benzene rings is 1. The minimum absolute atomic E-state index is 0.141. The van der Waals surface area contributed by atoms with Crippen molar-refractivity contribution in [1.29, 1.82) is 0 Å². The second kappa shape index (κ2) is 5.76. The van der Waals surface area contributed by atoms with Crippen LogP contribution >= 0.6 is 22.6 Å². The average Bonchev–Trinajstić information content (AvgIpc) is 2.18. The quantitative estimate of drug-likeness (QED) is 0.320. The highest BCUT2D eigenvalue weighted by atomic mass is 33.1. The van der Waals surface area contributed by atoms with Crippen molar-refractivity contribution in [2.24, 2.45) is 5.14 Å². The van der Waals surface area contributed by atoms with Gasteiger partial charge in [0.25, 0.3) is 0 Å². The van der Waals surface area contributed by atoms with E-state index in [0.717, 1.165) is 18.5 Å². The van der Waals surface area contributed by atoms with E-state index >= 15 is 0 Å². The lowest BCUT2D eigenvalue weighted by Gasteiger charge is -2.02. The molecule has 0 bridgehead atoms. The third kappa shape index (κ3) is 4.43. The Labute approximate surface area is 98.6 Å². The van der Waals surface area contributed by atoms with E-state index in [1.807, 2.05) is 0 Å². The molecule has 0 heterocycles. The molecule has 0 amide bonds. The van der Waals surface area contributed by atoms with Gasteiger partial charge in [-0.15, -0.1) is 0 Å². The lowest BCUT2D eigenvalue weighted by Crippen LogP contribution is -2.12. The number of thiol groups is 1. The molecule has 3 N–H and O–H groups in total. The van der Waals surface area contributed by atoms with Crippen molar-refractivity contribution >= 4 is 32.7 Å². The van der Waals surface area contributed by atoms with Crippen LogP contribution in [-0.4, -0.2) is 15.0 Å². The van der Waals surface area contributed by atoms with Gasteiger partial charge in [-0.2, -0.15) is 0 Å². The summed E-state index contributed by atoms with van der Waals surface area (Å²) < 4.78 is 24.9. The van der Waals surface area contributed by atoms with E-state index in [-0.39, 0.29) is 4.90 Å². The van der Waals surface area contributed by atoms with Crippen molar-refractivity contribution in [2.45, 2.75) is 11.3 Å². The van der Waals surface area contributed by atoms with E-state index in [4.69, 9.17) is 5.14 Å². The maximum absolute atomic E-state index is 11.0. The number of primary sulfonamides is 1. The molecule has 7 heteroatoms. The van der Waals surface area contributed by atoms with Gasteiger partial charge in [-0.1, -0.05) is 23.8 Å². The second-order valence-electron chi connectivity index (χ2n) is 2.92. The van der Waals surface area contributed by atoms with Crippen LogP contribution in [0.2, 0.25) is 0 Å². The molecule has 0 unspecified atom stereocenters. The fraction of sp³-hybridized carbons (Fsp3) is 0.250. The molecule has 0 fully saturated rings. The number of hydrogen-bond acceptors (Lipinski definition) is 5. The van der Waals surface area contributed by atoms with Crippen molar-refractivity contribution in [1.82, 2.24) is 4.72 Å². The van der Waals surface area contributed by atoms with Crippen molar-refractivity contribution < 1.29 is 8.42 Å². The van der Waals surface area contributed by atoms with Gasteiger partial charge in [0.1, 0.15) is 0 Å². The molecular weight excluding hydrogens is 252 g/mol. The highest BCUT2D eigenvalue weighted by molar-refractivity contribution is 8.67. The van der Waals surface area contributed by atoms with Crippen LogP contribution < -0.4 is 9.86 Å². The molecule has 0 aliphatic heterocycles. The lowest BCUT2D eigenvalue weighted by atomic mass is 10.2. The van der Waals surface area contributed by atoms with Crippen LogP contribution in [0.15, 0.2) is 29.2 Å². The van der Waals surface area contributed by atoms with Crippen LogP contribution in [0, 0.1) is 0 Å². The summed E-state index contributed by atoms with van der Waals surface area (Å²) in [5.41, 5.74) is 1.05. The summed E-state index contributed by atoms with van der Waals surface area (Å²) in [6.45, 7) is 0.781. The predicted molar refractivity (Wildman–Crippen MR) is 66.1 cm³/mol. The average molecular weight is 264 g/mol. The molecule has 1 aromatic rings. The van der Waals surface area contributed by atoms with Crippen molar-refractivity contribution in [3.8, 4) is 0 Å². The fourth-order valence-corrected chi connectivity index (χ4v) is 2.07. The third-order valence-corrected chi connectivity index (χ3v) is 3.48. The molecule has 0 atom stereocenters. The lowest BCUT2D eigenvalue weighted by molar-refractivity contribution is 0.598. The third-order valence-electron chi connectivity index (χ3n) is 1.83. The molecule has 0 spiro atoms. The van der Waals surface area contributed by atoms with E-state index in [9.17, 15) is 8.42 Å². The van der Waals surface area contributed by atoms with Gasteiger partial charge >= 0.3 is 0 Å². The Bertz CT molecular complexity index is 402. The zero-order valence-corrected chi connectivity index (χ0v) is 10.4. The first-order valence-corrected chi connectivity index (χ1v) is 7.60. The highest BCUT2D eigenvalue weighted by Crippen LogP contribution is 2.09. The fourth-order valence-electron chi connectivity index (χ4n) is 1.09. The number of sulfonamides is 1. The van der Waals surface area contributed by atoms with E-state index in [1.165, 1.54) is 23.1 Å². The van der Waals surface area contributed by atoms with Gasteiger partial charge in [-0.25, -0.2) is 13.6 Å². The summed E-state index contributed by atoms with van der Waals surface area (Å²) in [5.74, 6) is 0. The topological polar surface area (TPSA) is 72.2 Å². The summed E-state index contributed by atoms with van der Waals surface area (Å²) >= 11 is 3.93. The first kappa shape index (κ1) is 12.9. The monoisotopic (exact) mass is 264 g/mol. The minimum Gasteiger partial charge on any atom is -0.255 e. The maximum atomic E-state index is 11.0. The maximum Gasteiger partial charge on any atom is 0.238 e. The smallest absolute Gasteiger partial charge is 0.238 e. The van der Waals surface area contributed by atoms with Crippen molar-refractivity contribution in [2.75, 3.05) is 6.54 Å². The van der Waals surface area contributed by atoms with Gasteiger partial charge in [0.05, 0.1) is 4.90 Å². The Morgan fingerprint density at radius 2 is 1.93 bits per heavy atom. The van der Waals surface area contributed by atoms with Gasteiger partial charge < -0.3 is 0 Å². The van der Waals surface area contributed by atoms with E-state index in [0.29, 0.717) is 0 Å². The Morgan fingerprint density at radius 1 is 1.33 bits per heavy atom. The van der Waals surface area contributed by atoms with Crippen LogP contribution in [0.4, 0.5) is 0 Å². The van der Waals surface area contributed by atoms with E-state index in [2.05, 4.69) is 16.4 Å². The van der Waals surface area contributed by atoms with Gasteiger partial charge in [0.2, 0.25) is 10.0 Å². The summed E-state index contributed by atoms with van der Waals surface area (Å²) in [6, 6.07) is 6.53. The number of nitrogens with one attached hydrogen (secondary N) is 1. The molecule has 84 valence electrons. The summed E-state index contributed by atoms with van der Waals surface area (Å²) in [7, 11) is -2.32. The van der Waals surface area contributed by atoms with E-state index < -0.39 is 10.0 Å². The standard InChI is InChI=1S/C8H12N2O2S3/c9-15(11,12)8-3-1-7(2-4-8)5-6-10-14-13/h1-4,10,13H,5-6H2,(H2,9,11,12). The first-order valence-electron chi connectivity index (χ1n) is 4.19. The molecule has 0 saturated carbocycles. The van der Waals surface area contributed by atoms with Crippen LogP contribution in [0.5, 0.6) is 0 Å². The zero-order valence-electron chi connectivity index (χ0n) is 7.88. The Morgan fingerprint density at radius 3 is 2.40 bits per heavy atom. The van der Waals surface area contributed by atoms with Gasteiger partial charge in [0, 0.05) is 6.54 Å².